The molecular formula is C12H15NO2. The van der Waals surface area contributed by atoms with Crippen LogP contribution >= 0.6 is 0 Å². The summed E-state index contributed by atoms with van der Waals surface area (Å²) in [6, 6.07) is 8.01. The van der Waals surface area contributed by atoms with Crippen LogP contribution in [0.1, 0.15) is 23.5 Å². The summed E-state index contributed by atoms with van der Waals surface area (Å²) < 4.78 is 4.80. The molecule has 15 heavy (non-hydrogen) atoms. The third-order valence-corrected chi connectivity index (χ3v) is 2.94. The molecule has 0 radical (unpaired) electrons. The number of hydrogen-bond donors (Lipinski definition) is 1. The van der Waals surface area contributed by atoms with E-state index in [1.165, 1.54) is 12.7 Å². The van der Waals surface area contributed by atoms with Crippen LogP contribution in [0.4, 0.5) is 0 Å². The first-order valence-corrected chi connectivity index (χ1v) is 5.13. The smallest absolute Gasteiger partial charge is 0.313 e. The largest absolute Gasteiger partial charge is 0.469 e. The molecule has 0 aliphatic heterocycles. The highest BCUT2D eigenvalue weighted by Gasteiger charge is 2.30. The van der Waals surface area contributed by atoms with Crippen LogP contribution in [0, 0.1) is 0 Å². The average molecular weight is 205 g/mol. The summed E-state index contributed by atoms with van der Waals surface area (Å²) in [6.07, 6.45) is 1.54. The molecule has 0 aromatic heterocycles. The fourth-order valence-electron chi connectivity index (χ4n) is 2.22. The number of nitrogens with two attached hydrogens (primary N) is 1. The minimum absolute atomic E-state index is 0.0593. The molecule has 1 aliphatic rings. The Bertz CT molecular complexity index is 376. The van der Waals surface area contributed by atoms with E-state index < -0.39 is 0 Å². The zero-order valence-corrected chi connectivity index (χ0v) is 8.77. The minimum Gasteiger partial charge on any atom is -0.469 e. The second-order valence-corrected chi connectivity index (χ2v) is 3.97. The van der Waals surface area contributed by atoms with Gasteiger partial charge in [-0.15, -0.1) is 0 Å². The lowest BCUT2D eigenvalue weighted by Gasteiger charge is -2.27. The first-order chi connectivity index (χ1) is 7.22. The maximum atomic E-state index is 11.6. The summed E-state index contributed by atoms with van der Waals surface area (Å²) in [7, 11) is 1.42. The third-order valence-electron chi connectivity index (χ3n) is 2.94. The topological polar surface area (TPSA) is 52.3 Å². The summed E-state index contributed by atoms with van der Waals surface area (Å²) in [4.78, 5) is 11.6. The van der Waals surface area contributed by atoms with Gasteiger partial charge in [-0.25, -0.2) is 0 Å². The number of rotatable bonds is 1. The Balaban J connectivity index is 2.38. The van der Waals surface area contributed by atoms with Crippen LogP contribution < -0.4 is 5.73 Å². The van der Waals surface area contributed by atoms with Crippen molar-refractivity contribution < 1.29 is 9.53 Å². The van der Waals surface area contributed by atoms with Gasteiger partial charge in [-0.2, -0.15) is 0 Å². The number of benzene rings is 1. The van der Waals surface area contributed by atoms with Crippen molar-refractivity contribution in [1.82, 2.24) is 0 Å². The summed E-state index contributed by atoms with van der Waals surface area (Å²) in [5, 5.41) is 0. The number of carbonyl (C=O) groups excluding carboxylic acids is 1. The Morgan fingerprint density at radius 3 is 2.93 bits per heavy atom. The Kier molecular flexibility index (Phi) is 2.73. The van der Waals surface area contributed by atoms with E-state index in [4.69, 9.17) is 10.5 Å². The molecule has 2 rings (SSSR count). The number of methoxy groups -OCH3 is 1. The molecule has 3 nitrogen and oxygen atoms in total. The fourth-order valence-corrected chi connectivity index (χ4v) is 2.22. The van der Waals surface area contributed by atoms with Gasteiger partial charge in [-0.05, 0) is 24.0 Å². The van der Waals surface area contributed by atoms with Gasteiger partial charge in [0.05, 0.1) is 13.0 Å². The second kappa shape index (κ2) is 4.03. The van der Waals surface area contributed by atoms with Crippen molar-refractivity contribution in [1.29, 1.82) is 0 Å². The quantitative estimate of drug-likeness (QED) is 0.701. The highest BCUT2D eigenvalue weighted by Crippen LogP contribution is 2.31. The van der Waals surface area contributed by atoms with Crippen molar-refractivity contribution in [3.05, 3.63) is 35.4 Å². The molecule has 2 atom stereocenters. The van der Waals surface area contributed by atoms with Gasteiger partial charge in [0.25, 0.3) is 0 Å². The van der Waals surface area contributed by atoms with Gasteiger partial charge in [0.2, 0.25) is 0 Å². The summed E-state index contributed by atoms with van der Waals surface area (Å²) in [6.45, 7) is 0. The standard InChI is InChI=1S/C12H15NO2/c1-15-12(14)11-7-9(13)6-8-4-2-3-5-10(8)11/h2-5,9,11H,6-7,13H2,1H3/t9?,11-/m1/s1. The number of ether oxygens (including phenoxy) is 1. The second-order valence-electron chi connectivity index (χ2n) is 3.97. The van der Waals surface area contributed by atoms with Crippen molar-refractivity contribution >= 4 is 5.97 Å². The summed E-state index contributed by atoms with van der Waals surface area (Å²) >= 11 is 0. The highest BCUT2D eigenvalue weighted by atomic mass is 16.5. The van der Waals surface area contributed by atoms with E-state index >= 15 is 0 Å². The van der Waals surface area contributed by atoms with E-state index in [0.717, 1.165) is 12.0 Å². The van der Waals surface area contributed by atoms with Crippen molar-refractivity contribution in [3.63, 3.8) is 0 Å². The van der Waals surface area contributed by atoms with Gasteiger partial charge in [-0.1, -0.05) is 24.3 Å². The van der Waals surface area contributed by atoms with Gasteiger partial charge in [0.15, 0.2) is 0 Å². The van der Waals surface area contributed by atoms with Gasteiger partial charge < -0.3 is 10.5 Å². The fraction of sp³-hybridized carbons (Fsp3) is 0.417. The molecule has 0 saturated carbocycles. The molecule has 0 amide bonds. The van der Waals surface area contributed by atoms with Crippen molar-refractivity contribution in [3.8, 4) is 0 Å². The summed E-state index contributed by atoms with van der Waals surface area (Å²) in [5.74, 6) is -0.368. The molecule has 1 aromatic rings. The average Bonchev–Trinajstić information content (AvgIpc) is 2.26. The van der Waals surface area contributed by atoms with E-state index in [2.05, 4.69) is 0 Å². The normalized spacial score (nSPS) is 24.4. The van der Waals surface area contributed by atoms with E-state index in [-0.39, 0.29) is 17.9 Å². The molecule has 2 N–H and O–H groups in total. The number of fused-ring (bicyclic) bond motifs is 1. The van der Waals surface area contributed by atoms with Crippen molar-refractivity contribution in [2.75, 3.05) is 7.11 Å². The zero-order valence-electron chi connectivity index (χ0n) is 8.77. The first-order valence-electron chi connectivity index (χ1n) is 5.13. The van der Waals surface area contributed by atoms with Crippen molar-refractivity contribution in [2.45, 2.75) is 24.8 Å². The van der Waals surface area contributed by atoms with Gasteiger partial charge in [0.1, 0.15) is 0 Å². The molecule has 0 saturated heterocycles. The van der Waals surface area contributed by atoms with Gasteiger partial charge in [0, 0.05) is 6.04 Å². The lowest BCUT2D eigenvalue weighted by molar-refractivity contribution is -0.142. The van der Waals surface area contributed by atoms with Gasteiger partial charge in [-0.3, -0.25) is 4.79 Å². The maximum absolute atomic E-state index is 11.6. The van der Waals surface area contributed by atoms with Crippen LogP contribution in [0.3, 0.4) is 0 Å². The SMILES string of the molecule is COC(=O)[C@@H]1CC(N)Cc2ccccc21. The Morgan fingerprint density at radius 1 is 1.47 bits per heavy atom. The van der Waals surface area contributed by atoms with E-state index in [1.807, 2.05) is 24.3 Å². The molecule has 1 unspecified atom stereocenters. The molecule has 3 heteroatoms. The van der Waals surface area contributed by atoms with Crippen LogP contribution in [-0.2, 0) is 16.0 Å². The predicted molar refractivity (Wildman–Crippen MR) is 57.5 cm³/mol. The Morgan fingerprint density at radius 2 is 2.20 bits per heavy atom. The predicted octanol–water partition coefficient (Wildman–Crippen LogP) is 1.22. The highest BCUT2D eigenvalue weighted by molar-refractivity contribution is 5.79. The lowest BCUT2D eigenvalue weighted by atomic mass is 9.80. The van der Waals surface area contributed by atoms with E-state index in [9.17, 15) is 4.79 Å². The zero-order chi connectivity index (χ0) is 10.8. The first kappa shape index (κ1) is 10.2. The monoisotopic (exact) mass is 205 g/mol. The van der Waals surface area contributed by atoms with Crippen molar-refractivity contribution in [2.24, 2.45) is 5.73 Å². The molecular weight excluding hydrogens is 190 g/mol. The molecule has 0 fully saturated rings. The van der Waals surface area contributed by atoms with Gasteiger partial charge >= 0.3 is 5.97 Å². The van der Waals surface area contributed by atoms with Crippen LogP contribution in [0.5, 0.6) is 0 Å². The van der Waals surface area contributed by atoms with Crippen LogP contribution in [0.25, 0.3) is 0 Å². The third kappa shape index (κ3) is 1.88. The Labute approximate surface area is 89.2 Å². The van der Waals surface area contributed by atoms with Crippen LogP contribution in [0.2, 0.25) is 0 Å². The van der Waals surface area contributed by atoms with Crippen LogP contribution in [-0.4, -0.2) is 19.1 Å². The summed E-state index contributed by atoms with van der Waals surface area (Å²) in [5.41, 5.74) is 8.17. The molecule has 1 aromatic carbocycles. The number of carbonyl (C=O) groups is 1. The van der Waals surface area contributed by atoms with E-state index in [1.54, 1.807) is 0 Å². The molecule has 0 heterocycles. The molecule has 0 bridgehead atoms. The maximum Gasteiger partial charge on any atom is 0.313 e. The number of esters is 1. The number of hydrogen-bond acceptors (Lipinski definition) is 3. The van der Waals surface area contributed by atoms with Crippen LogP contribution in [0.15, 0.2) is 24.3 Å². The minimum atomic E-state index is -0.185. The molecule has 80 valence electrons. The molecule has 1 aliphatic carbocycles. The lowest BCUT2D eigenvalue weighted by Crippen LogP contribution is -2.33. The molecule has 0 spiro atoms. The Hall–Kier alpha value is -1.35. The van der Waals surface area contributed by atoms with E-state index in [0.29, 0.717) is 6.42 Å².